The Morgan fingerprint density at radius 3 is 2.04 bits per heavy atom. The van der Waals surface area contributed by atoms with E-state index in [2.05, 4.69) is 15.6 Å². The number of aliphatic hydroxyl groups is 1. The van der Waals surface area contributed by atoms with Gasteiger partial charge in [0.2, 0.25) is 11.8 Å². The van der Waals surface area contributed by atoms with Crippen LogP contribution in [0.4, 0.5) is 0 Å². The standard InChI is InChI=1S/C14H26N6O7/c15-7(6-21)11(24)19-8(2-1-5-18-14(16)17)12(25)20-9(13(26)27)3-4-10(22)23/h7-9,21H,1-6,15H2,(H,19,24)(H,20,25)(H,22,23)(H,26,27)(H4,16,17,18)/t7-,8-,9-/m0/s1. The summed E-state index contributed by atoms with van der Waals surface area (Å²) in [6.45, 7) is -0.486. The number of aliphatic imine (C=N–C) groups is 1. The van der Waals surface area contributed by atoms with Gasteiger partial charge in [-0.2, -0.15) is 0 Å². The minimum Gasteiger partial charge on any atom is -0.481 e. The van der Waals surface area contributed by atoms with Gasteiger partial charge in [-0.25, -0.2) is 4.79 Å². The van der Waals surface area contributed by atoms with Crippen molar-refractivity contribution in [3.05, 3.63) is 0 Å². The van der Waals surface area contributed by atoms with Crippen molar-refractivity contribution in [2.75, 3.05) is 13.2 Å². The van der Waals surface area contributed by atoms with Crippen molar-refractivity contribution in [3.8, 4) is 0 Å². The van der Waals surface area contributed by atoms with E-state index < -0.39 is 54.9 Å². The van der Waals surface area contributed by atoms with Crippen molar-refractivity contribution in [1.82, 2.24) is 10.6 Å². The molecule has 0 radical (unpaired) electrons. The molecule has 0 aromatic heterocycles. The number of carbonyl (C=O) groups is 4. The van der Waals surface area contributed by atoms with Crippen LogP contribution >= 0.6 is 0 Å². The minimum absolute atomic E-state index is 0.0533. The van der Waals surface area contributed by atoms with Gasteiger partial charge in [0.1, 0.15) is 18.1 Å². The Hall–Kier alpha value is -2.93. The van der Waals surface area contributed by atoms with Crippen LogP contribution in [0.2, 0.25) is 0 Å². The van der Waals surface area contributed by atoms with Gasteiger partial charge >= 0.3 is 11.9 Å². The number of carboxylic acid groups (broad SMARTS) is 2. The Labute approximate surface area is 155 Å². The summed E-state index contributed by atoms with van der Waals surface area (Å²) in [5.41, 5.74) is 15.8. The lowest BCUT2D eigenvalue weighted by Crippen LogP contribution is -2.55. The van der Waals surface area contributed by atoms with Crippen LogP contribution in [-0.2, 0) is 19.2 Å². The molecule has 154 valence electrons. The molecule has 0 aromatic rings. The number of rotatable bonds is 13. The maximum absolute atomic E-state index is 12.4. The highest BCUT2D eigenvalue weighted by Gasteiger charge is 2.27. The Kier molecular flexibility index (Phi) is 11.1. The van der Waals surface area contributed by atoms with Gasteiger partial charge < -0.3 is 43.2 Å². The van der Waals surface area contributed by atoms with Crippen LogP contribution in [0.25, 0.3) is 0 Å². The Bertz CT molecular complexity index is 564. The molecule has 0 aliphatic rings. The summed E-state index contributed by atoms with van der Waals surface area (Å²) in [4.78, 5) is 49.7. The quantitative estimate of drug-likeness (QED) is 0.0867. The third-order valence-corrected chi connectivity index (χ3v) is 3.37. The number of nitrogens with zero attached hydrogens (tertiary/aromatic N) is 1. The van der Waals surface area contributed by atoms with Gasteiger partial charge in [-0.3, -0.25) is 19.4 Å². The molecule has 2 amide bonds. The van der Waals surface area contributed by atoms with Gasteiger partial charge in [0.25, 0.3) is 0 Å². The molecular formula is C14H26N6O7. The molecule has 0 spiro atoms. The van der Waals surface area contributed by atoms with E-state index in [1.165, 1.54) is 0 Å². The molecule has 0 bridgehead atoms. The molecule has 0 rings (SSSR count). The van der Waals surface area contributed by atoms with Crippen molar-refractivity contribution in [1.29, 1.82) is 0 Å². The summed E-state index contributed by atoms with van der Waals surface area (Å²) in [5, 5.41) is 31.2. The van der Waals surface area contributed by atoms with E-state index in [4.69, 9.17) is 32.5 Å². The number of nitrogens with one attached hydrogen (secondary N) is 2. The zero-order valence-corrected chi connectivity index (χ0v) is 14.6. The first-order chi connectivity index (χ1) is 12.6. The molecule has 0 aliphatic heterocycles. The number of guanidine groups is 1. The number of hydrogen-bond donors (Lipinski definition) is 8. The lowest BCUT2D eigenvalue weighted by Gasteiger charge is -2.22. The topological polar surface area (TPSA) is 243 Å². The summed E-state index contributed by atoms with van der Waals surface area (Å²) < 4.78 is 0. The van der Waals surface area contributed by atoms with E-state index in [-0.39, 0.29) is 31.8 Å². The highest BCUT2D eigenvalue weighted by Crippen LogP contribution is 2.03. The third kappa shape index (κ3) is 10.6. The van der Waals surface area contributed by atoms with Crippen molar-refractivity contribution < 1.29 is 34.5 Å². The van der Waals surface area contributed by atoms with E-state index in [1.54, 1.807) is 0 Å². The first-order valence-electron chi connectivity index (χ1n) is 8.05. The molecule has 13 heteroatoms. The summed E-state index contributed by atoms with van der Waals surface area (Å²) in [6, 6.07) is -3.88. The molecule has 0 heterocycles. The van der Waals surface area contributed by atoms with Gasteiger partial charge in [-0.15, -0.1) is 0 Å². The van der Waals surface area contributed by atoms with E-state index in [0.717, 1.165) is 0 Å². The van der Waals surface area contributed by atoms with Crippen molar-refractivity contribution >= 4 is 29.7 Å². The number of aliphatic carboxylic acids is 2. The van der Waals surface area contributed by atoms with E-state index >= 15 is 0 Å². The largest absolute Gasteiger partial charge is 0.481 e. The second-order valence-corrected chi connectivity index (χ2v) is 5.63. The number of carbonyl (C=O) groups excluding carboxylic acids is 2. The van der Waals surface area contributed by atoms with E-state index in [9.17, 15) is 19.2 Å². The average molecular weight is 390 g/mol. The highest BCUT2D eigenvalue weighted by atomic mass is 16.4. The van der Waals surface area contributed by atoms with Crippen molar-refractivity contribution in [3.63, 3.8) is 0 Å². The maximum atomic E-state index is 12.4. The second-order valence-electron chi connectivity index (χ2n) is 5.63. The molecule has 13 nitrogen and oxygen atoms in total. The number of aliphatic hydroxyl groups excluding tert-OH is 1. The molecule has 0 saturated heterocycles. The van der Waals surface area contributed by atoms with Crippen LogP contribution < -0.4 is 27.8 Å². The van der Waals surface area contributed by atoms with E-state index in [0.29, 0.717) is 0 Å². The first-order valence-corrected chi connectivity index (χ1v) is 8.05. The maximum Gasteiger partial charge on any atom is 0.326 e. The molecule has 0 saturated carbocycles. The monoisotopic (exact) mass is 390 g/mol. The van der Waals surface area contributed by atoms with Crippen LogP contribution in [0, 0.1) is 0 Å². The van der Waals surface area contributed by atoms with Gasteiger partial charge in [0.15, 0.2) is 5.96 Å². The Morgan fingerprint density at radius 1 is 0.963 bits per heavy atom. The molecular weight excluding hydrogens is 364 g/mol. The number of hydrogen-bond acceptors (Lipinski definition) is 7. The zero-order valence-electron chi connectivity index (χ0n) is 14.6. The minimum atomic E-state index is -1.45. The van der Waals surface area contributed by atoms with Crippen LogP contribution in [-0.4, -0.2) is 76.3 Å². The summed E-state index contributed by atoms with van der Waals surface area (Å²) >= 11 is 0. The second kappa shape index (κ2) is 12.4. The van der Waals surface area contributed by atoms with E-state index in [1.807, 2.05) is 0 Å². The van der Waals surface area contributed by atoms with Crippen LogP contribution in [0.3, 0.4) is 0 Å². The molecule has 0 unspecified atom stereocenters. The molecule has 3 atom stereocenters. The first kappa shape index (κ1) is 24.1. The fourth-order valence-corrected chi connectivity index (χ4v) is 1.93. The van der Waals surface area contributed by atoms with Gasteiger partial charge in [-0.05, 0) is 19.3 Å². The lowest BCUT2D eigenvalue weighted by atomic mass is 10.1. The molecule has 11 N–H and O–H groups in total. The Morgan fingerprint density at radius 2 is 1.56 bits per heavy atom. The van der Waals surface area contributed by atoms with Crippen LogP contribution in [0.15, 0.2) is 4.99 Å². The fraction of sp³-hybridized carbons (Fsp3) is 0.643. The molecule has 0 aromatic carbocycles. The van der Waals surface area contributed by atoms with Crippen LogP contribution in [0.1, 0.15) is 25.7 Å². The van der Waals surface area contributed by atoms with Crippen molar-refractivity contribution in [2.24, 2.45) is 22.2 Å². The van der Waals surface area contributed by atoms with Gasteiger partial charge in [-0.1, -0.05) is 0 Å². The molecule has 0 aliphatic carbocycles. The van der Waals surface area contributed by atoms with Gasteiger partial charge in [0, 0.05) is 13.0 Å². The van der Waals surface area contributed by atoms with Crippen LogP contribution in [0.5, 0.6) is 0 Å². The summed E-state index contributed by atoms with van der Waals surface area (Å²) in [5.74, 6) is -4.43. The summed E-state index contributed by atoms with van der Waals surface area (Å²) in [7, 11) is 0. The Balaban J connectivity index is 5.04. The lowest BCUT2D eigenvalue weighted by molar-refractivity contribution is -0.143. The summed E-state index contributed by atoms with van der Waals surface area (Å²) in [6.07, 6.45) is -0.468. The third-order valence-electron chi connectivity index (χ3n) is 3.37. The van der Waals surface area contributed by atoms with Gasteiger partial charge in [0.05, 0.1) is 6.61 Å². The molecule has 27 heavy (non-hydrogen) atoms. The molecule has 0 fully saturated rings. The fourth-order valence-electron chi connectivity index (χ4n) is 1.93. The number of nitrogens with two attached hydrogens (primary N) is 3. The smallest absolute Gasteiger partial charge is 0.326 e. The highest BCUT2D eigenvalue weighted by molar-refractivity contribution is 5.91. The number of amides is 2. The average Bonchev–Trinajstić information content (AvgIpc) is 2.59. The predicted molar refractivity (Wildman–Crippen MR) is 93.3 cm³/mol. The SMILES string of the molecule is NC(N)=NCCC[C@H](NC(=O)[C@@H](N)CO)C(=O)N[C@@H](CCC(=O)O)C(=O)O. The van der Waals surface area contributed by atoms with Crippen molar-refractivity contribution in [2.45, 2.75) is 43.8 Å². The number of carboxylic acids is 2. The predicted octanol–water partition coefficient (Wildman–Crippen LogP) is -3.72. The zero-order chi connectivity index (χ0) is 21.0. The normalized spacial score (nSPS) is 13.7.